The van der Waals surface area contributed by atoms with Gasteiger partial charge < -0.3 is 24.9 Å². The number of Topliss-reactive ketones (excluding diaryl/α,β-unsaturated/α-hetero) is 1. The molecule has 3 N–H and O–H groups in total. The van der Waals surface area contributed by atoms with Gasteiger partial charge in [0.25, 0.3) is 5.91 Å². The van der Waals surface area contributed by atoms with Gasteiger partial charge in [-0.05, 0) is 62.1 Å². The van der Waals surface area contributed by atoms with Gasteiger partial charge in [-0.1, -0.05) is 53.5 Å². The number of carbonyl (C=O) groups excluding carboxylic acids is 2. The third kappa shape index (κ3) is 6.05. The van der Waals surface area contributed by atoms with E-state index in [-0.39, 0.29) is 23.5 Å². The number of imidazole rings is 2. The van der Waals surface area contributed by atoms with Gasteiger partial charge >= 0.3 is 5.97 Å². The molecule has 4 heterocycles. The van der Waals surface area contributed by atoms with E-state index in [1.54, 1.807) is 6.07 Å². The summed E-state index contributed by atoms with van der Waals surface area (Å²) in [6.07, 6.45) is 7.09. The van der Waals surface area contributed by atoms with Crippen molar-refractivity contribution in [3.05, 3.63) is 86.4 Å². The molecule has 272 valence electrons. The predicted molar refractivity (Wildman–Crippen MR) is 199 cm³/mol. The summed E-state index contributed by atoms with van der Waals surface area (Å²) in [4.78, 5) is 50.9. The molecule has 13 heteroatoms. The first-order valence-electron chi connectivity index (χ1n) is 18.1. The zero-order chi connectivity index (χ0) is 36.4. The lowest BCUT2D eigenvalue weighted by Crippen LogP contribution is -2.34. The van der Waals surface area contributed by atoms with E-state index in [4.69, 9.17) is 28.2 Å². The predicted octanol–water partition coefficient (Wildman–Crippen LogP) is 6.23. The molecule has 0 unspecified atom stereocenters. The molecule has 2 bridgehead atoms. The van der Waals surface area contributed by atoms with Crippen molar-refractivity contribution in [1.29, 1.82) is 0 Å². The molecule has 8 rings (SSSR count). The van der Waals surface area contributed by atoms with Gasteiger partial charge in [0.1, 0.15) is 0 Å². The summed E-state index contributed by atoms with van der Waals surface area (Å²) < 4.78 is 3.77. The molecule has 0 atom stereocenters. The average Bonchev–Trinajstić information content (AvgIpc) is 3.90. The van der Waals surface area contributed by atoms with Crippen molar-refractivity contribution in [2.75, 3.05) is 25.0 Å². The summed E-state index contributed by atoms with van der Waals surface area (Å²) in [5, 5.41) is 16.8. The summed E-state index contributed by atoms with van der Waals surface area (Å²) >= 11 is 13.9. The molecule has 2 aliphatic heterocycles. The molecule has 0 saturated heterocycles. The van der Waals surface area contributed by atoms with Crippen LogP contribution in [-0.2, 0) is 51.2 Å². The Balaban J connectivity index is 0.951. The van der Waals surface area contributed by atoms with Gasteiger partial charge in [0.15, 0.2) is 11.6 Å². The number of nitrogens with one attached hydrogen (secondary N) is 2. The van der Waals surface area contributed by atoms with Crippen LogP contribution in [0.25, 0.3) is 11.1 Å². The fourth-order valence-corrected chi connectivity index (χ4v) is 9.80. The van der Waals surface area contributed by atoms with E-state index >= 15 is 0 Å². The highest BCUT2D eigenvalue weighted by Gasteiger charge is 2.57. The van der Waals surface area contributed by atoms with Crippen molar-refractivity contribution >= 4 is 46.5 Å². The monoisotopic (exact) mass is 743 g/mol. The van der Waals surface area contributed by atoms with E-state index in [0.29, 0.717) is 57.2 Å². The maximum absolute atomic E-state index is 13.7. The summed E-state index contributed by atoms with van der Waals surface area (Å²) in [5.41, 5.74) is 5.97. The topological polar surface area (TPSA) is 134 Å². The summed E-state index contributed by atoms with van der Waals surface area (Å²) in [6, 6.07) is 11.0. The van der Waals surface area contributed by atoms with E-state index < -0.39 is 11.4 Å². The fraction of sp³-hybridized carbons (Fsp3) is 0.462. The molecule has 1 amide bonds. The number of aliphatic carboxylic acids is 1. The number of rotatable bonds is 10. The molecule has 52 heavy (non-hydrogen) atoms. The Morgan fingerprint density at radius 2 is 1.60 bits per heavy atom. The number of halogens is 2. The zero-order valence-electron chi connectivity index (χ0n) is 29.5. The van der Waals surface area contributed by atoms with E-state index in [0.717, 1.165) is 93.8 Å². The van der Waals surface area contributed by atoms with Crippen LogP contribution in [0.15, 0.2) is 36.4 Å². The Morgan fingerprint density at radius 1 is 0.904 bits per heavy atom. The standard InChI is InChI=1S/C39H43Cl2N7O4/c1-46-29-9-16-42-20-27(29)43-34(46)31(49)19-23-5-3-6-24(32(23)40)25-7-4-8-26(33(25)41)45-36(50)35-44-28-21-48(17-10-30(28)47(35)2)18-15-38-11-13-39(22-38,14-12-38)37(51)52/h3-8,42H,9-22H2,1-2H3,(H,45,50)(H,51,52). The van der Waals surface area contributed by atoms with E-state index in [1.807, 2.05) is 53.6 Å². The molecule has 0 radical (unpaired) electrons. The summed E-state index contributed by atoms with van der Waals surface area (Å²) in [6.45, 7) is 3.94. The van der Waals surface area contributed by atoms with Crippen LogP contribution < -0.4 is 10.6 Å². The first kappa shape index (κ1) is 35.0. The normalized spacial score (nSPS) is 22.3. The second kappa shape index (κ2) is 13.4. The highest BCUT2D eigenvalue weighted by molar-refractivity contribution is 6.39. The van der Waals surface area contributed by atoms with Crippen molar-refractivity contribution in [3.8, 4) is 11.1 Å². The van der Waals surface area contributed by atoms with Crippen LogP contribution in [0.4, 0.5) is 5.69 Å². The van der Waals surface area contributed by atoms with Gasteiger partial charge in [-0.2, -0.15) is 0 Å². The van der Waals surface area contributed by atoms with Gasteiger partial charge in [-0.25, -0.2) is 9.97 Å². The number of hydrogen-bond donors (Lipinski definition) is 3. The Labute approximate surface area is 312 Å². The number of carbonyl (C=O) groups is 3. The Hall–Kier alpha value is -4.03. The summed E-state index contributed by atoms with van der Waals surface area (Å²) in [5.74, 6) is -0.358. The number of hydrogen-bond acceptors (Lipinski definition) is 7. The number of nitrogens with zero attached hydrogens (tertiary/aromatic N) is 5. The second-order valence-electron chi connectivity index (χ2n) is 15.2. The molecule has 4 aliphatic rings. The first-order valence-corrected chi connectivity index (χ1v) is 18.9. The number of anilines is 1. The van der Waals surface area contributed by atoms with Crippen LogP contribution >= 0.6 is 23.2 Å². The quantitative estimate of drug-likeness (QED) is 0.163. The van der Waals surface area contributed by atoms with Crippen molar-refractivity contribution in [1.82, 2.24) is 29.3 Å². The minimum Gasteiger partial charge on any atom is -0.481 e. The van der Waals surface area contributed by atoms with Crippen LogP contribution in [-0.4, -0.2) is 66.4 Å². The Morgan fingerprint density at radius 3 is 2.33 bits per heavy atom. The zero-order valence-corrected chi connectivity index (χ0v) is 31.0. The Bertz CT molecular complexity index is 2110. The minimum atomic E-state index is -0.624. The molecule has 11 nitrogen and oxygen atoms in total. The number of amides is 1. The highest BCUT2D eigenvalue weighted by Crippen LogP contribution is 2.63. The number of fused-ring (bicyclic) bond motifs is 4. The lowest BCUT2D eigenvalue weighted by molar-refractivity contribution is -0.148. The van der Waals surface area contributed by atoms with Crippen LogP contribution in [0.2, 0.25) is 10.0 Å². The highest BCUT2D eigenvalue weighted by atomic mass is 35.5. The average molecular weight is 745 g/mol. The smallest absolute Gasteiger partial charge is 0.309 e. The minimum absolute atomic E-state index is 0.0887. The molecule has 0 spiro atoms. The molecule has 2 aromatic heterocycles. The summed E-state index contributed by atoms with van der Waals surface area (Å²) in [7, 11) is 3.76. The molecule has 2 aromatic carbocycles. The molecular formula is C39H43Cl2N7O4. The van der Waals surface area contributed by atoms with Crippen molar-refractivity contribution in [2.45, 2.75) is 70.9 Å². The number of carboxylic acid groups (broad SMARTS) is 1. The molecule has 2 aliphatic carbocycles. The van der Waals surface area contributed by atoms with E-state index in [1.165, 1.54) is 0 Å². The lowest BCUT2D eigenvalue weighted by atomic mass is 9.80. The first-order chi connectivity index (χ1) is 25.0. The molecule has 4 aromatic rings. The third-order valence-corrected chi connectivity index (χ3v) is 13.1. The number of aromatic nitrogens is 4. The van der Waals surface area contributed by atoms with Gasteiger partial charge in [0, 0.05) is 82.1 Å². The number of benzene rings is 2. The molecule has 2 saturated carbocycles. The SMILES string of the molecule is Cn1c(C(=O)Cc2cccc(-c3cccc(NC(=O)c4nc5c(n4C)CCN(CCC46CCC(C(=O)O)(CC4)C6)C5)c3Cl)c2Cl)nc2c1CCNC2. The van der Waals surface area contributed by atoms with Crippen molar-refractivity contribution < 1.29 is 19.5 Å². The maximum atomic E-state index is 13.7. The lowest BCUT2D eigenvalue weighted by Gasteiger charge is -2.32. The van der Waals surface area contributed by atoms with Crippen LogP contribution in [0.5, 0.6) is 0 Å². The fourth-order valence-electron chi connectivity index (χ4n) is 9.23. The molecular weight excluding hydrogens is 701 g/mol. The molecule has 2 fully saturated rings. The van der Waals surface area contributed by atoms with Crippen molar-refractivity contribution in [2.24, 2.45) is 24.9 Å². The van der Waals surface area contributed by atoms with Crippen LogP contribution in [0.1, 0.15) is 88.1 Å². The van der Waals surface area contributed by atoms with Crippen LogP contribution in [0, 0.1) is 10.8 Å². The Kier molecular flexibility index (Phi) is 9.05. The van der Waals surface area contributed by atoms with Gasteiger partial charge in [0.05, 0.1) is 32.5 Å². The van der Waals surface area contributed by atoms with Crippen molar-refractivity contribution in [3.63, 3.8) is 0 Å². The van der Waals surface area contributed by atoms with E-state index in [9.17, 15) is 19.5 Å². The number of carboxylic acids is 1. The largest absolute Gasteiger partial charge is 0.481 e. The second-order valence-corrected chi connectivity index (χ2v) is 16.0. The number of ketones is 1. The maximum Gasteiger partial charge on any atom is 0.309 e. The third-order valence-electron chi connectivity index (χ3n) is 12.3. The van der Waals surface area contributed by atoms with Gasteiger partial charge in [-0.3, -0.25) is 19.3 Å². The van der Waals surface area contributed by atoms with Gasteiger partial charge in [-0.15, -0.1) is 0 Å². The van der Waals surface area contributed by atoms with Crippen LogP contribution in [0.3, 0.4) is 0 Å². The van der Waals surface area contributed by atoms with Gasteiger partial charge in [0.2, 0.25) is 5.78 Å². The van der Waals surface area contributed by atoms with E-state index in [2.05, 4.69) is 20.5 Å².